The zero-order valence-corrected chi connectivity index (χ0v) is 13.5. The number of nitrogens with zero attached hydrogens (tertiary/aromatic N) is 2. The fraction of sp³-hybridized carbons (Fsp3) is 0.400. The van der Waals surface area contributed by atoms with Crippen LogP contribution < -0.4 is 0 Å². The molecule has 0 aliphatic rings. The Labute approximate surface area is 129 Å². The van der Waals surface area contributed by atoms with Gasteiger partial charge in [-0.2, -0.15) is 5.10 Å². The van der Waals surface area contributed by atoms with Crippen LogP contribution in [0.25, 0.3) is 0 Å². The molecular weight excluding hydrogens is 292 g/mol. The molecule has 1 atom stereocenters. The molecule has 0 saturated carbocycles. The van der Waals surface area contributed by atoms with Crippen LogP contribution in [0.1, 0.15) is 17.0 Å². The van der Waals surface area contributed by atoms with Crippen molar-refractivity contribution in [2.45, 2.75) is 31.3 Å². The molecule has 1 aromatic heterocycles. The normalized spacial score (nSPS) is 12.7. The summed E-state index contributed by atoms with van der Waals surface area (Å²) in [6.45, 7) is 3.94. The molecule has 0 bridgehead atoms. The maximum absolute atomic E-state index is 10.2. The largest absolute Gasteiger partial charge is 0.392 e. The number of halogens is 1. The van der Waals surface area contributed by atoms with Crippen molar-refractivity contribution in [1.82, 2.24) is 9.78 Å². The first-order chi connectivity index (χ1) is 9.47. The Hall–Kier alpha value is -0.970. The Bertz CT molecular complexity index is 598. The number of aryl methyl sites for hydroxylation is 3. The molecule has 0 amide bonds. The van der Waals surface area contributed by atoms with Gasteiger partial charge in [-0.1, -0.05) is 29.3 Å². The third-order valence-corrected chi connectivity index (χ3v) is 4.75. The van der Waals surface area contributed by atoms with Gasteiger partial charge in [0.25, 0.3) is 0 Å². The summed E-state index contributed by atoms with van der Waals surface area (Å²) in [6.07, 6.45) is 0.0856. The second-order valence-corrected chi connectivity index (χ2v) is 6.43. The molecule has 0 fully saturated rings. The molecule has 0 radical (unpaired) electrons. The molecule has 0 saturated heterocycles. The lowest BCUT2D eigenvalue weighted by Crippen LogP contribution is -2.16. The van der Waals surface area contributed by atoms with Crippen LogP contribution in [0.2, 0.25) is 5.02 Å². The van der Waals surface area contributed by atoms with E-state index in [9.17, 15) is 5.11 Å². The summed E-state index contributed by atoms with van der Waals surface area (Å²) < 4.78 is 1.75. The molecule has 3 nitrogen and oxygen atoms in total. The average Bonchev–Trinajstić information content (AvgIpc) is 2.63. The van der Waals surface area contributed by atoms with Crippen molar-refractivity contribution in [2.75, 3.05) is 5.75 Å². The molecule has 108 valence electrons. The van der Waals surface area contributed by atoms with Gasteiger partial charge in [0, 0.05) is 24.1 Å². The Balaban J connectivity index is 1.94. The number of aliphatic hydroxyl groups is 1. The van der Waals surface area contributed by atoms with Crippen molar-refractivity contribution in [3.63, 3.8) is 0 Å². The molecule has 1 heterocycles. The van der Waals surface area contributed by atoms with Crippen LogP contribution in [0.5, 0.6) is 0 Å². The van der Waals surface area contributed by atoms with Crippen molar-refractivity contribution in [3.8, 4) is 0 Å². The summed E-state index contributed by atoms with van der Waals surface area (Å²) in [5, 5.41) is 15.1. The predicted octanol–water partition coefficient (Wildman–Crippen LogP) is 3.39. The summed E-state index contributed by atoms with van der Waals surface area (Å²) in [5.41, 5.74) is 2.93. The summed E-state index contributed by atoms with van der Waals surface area (Å²) in [7, 11) is 1.86. The summed E-state index contributed by atoms with van der Waals surface area (Å²) in [6, 6.07) is 8.29. The Kier molecular flexibility index (Phi) is 5.13. The molecule has 0 aliphatic carbocycles. The summed E-state index contributed by atoms with van der Waals surface area (Å²) >= 11 is 7.85. The standard InChI is InChI=1S/C15H19ClN2OS/c1-10-5-4-6-13(7-10)20-9-12(19)8-14-15(16)11(2)17-18(14)3/h4-7,12,19H,8-9H2,1-3H3. The maximum Gasteiger partial charge on any atom is 0.0847 e. The first-order valence-corrected chi connectivity index (χ1v) is 7.89. The van der Waals surface area contributed by atoms with Crippen LogP contribution in [0, 0.1) is 13.8 Å². The lowest BCUT2D eigenvalue weighted by atomic mass is 10.2. The predicted molar refractivity (Wildman–Crippen MR) is 84.6 cm³/mol. The highest BCUT2D eigenvalue weighted by atomic mass is 35.5. The molecule has 1 unspecified atom stereocenters. The van der Waals surface area contributed by atoms with E-state index in [0.29, 0.717) is 17.2 Å². The molecule has 0 spiro atoms. The van der Waals surface area contributed by atoms with E-state index < -0.39 is 6.10 Å². The highest BCUT2D eigenvalue weighted by molar-refractivity contribution is 7.99. The van der Waals surface area contributed by atoms with Gasteiger partial charge in [-0.3, -0.25) is 4.68 Å². The number of rotatable bonds is 5. The first-order valence-electron chi connectivity index (χ1n) is 6.53. The minimum absolute atomic E-state index is 0.437. The fourth-order valence-electron chi connectivity index (χ4n) is 2.08. The van der Waals surface area contributed by atoms with E-state index >= 15 is 0 Å². The van der Waals surface area contributed by atoms with E-state index in [-0.39, 0.29) is 0 Å². The first kappa shape index (κ1) is 15.4. The highest BCUT2D eigenvalue weighted by Crippen LogP contribution is 2.24. The van der Waals surface area contributed by atoms with E-state index in [1.54, 1.807) is 16.4 Å². The van der Waals surface area contributed by atoms with E-state index in [1.807, 2.05) is 20.0 Å². The third kappa shape index (κ3) is 3.78. The van der Waals surface area contributed by atoms with Gasteiger partial charge in [-0.25, -0.2) is 0 Å². The van der Waals surface area contributed by atoms with Crippen molar-refractivity contribution in [1.29, 1.82) is 0 Å². The van der Waals surface area contributed by atoms with Gasteiger partial charge >= 0.3 is 0 Å². The van der Waals surface area contributed by atoms with Gasteiger partial charge in [-0.15, -0.1) is 11.8 Å². The Morgan fingerprint density at radius 3 is 2.75 bits per heavy atom. The van der Waals surface area contributed by atoms with Gasteiger partial charge in [0.15, 0.2) is 0 Å². The Morgan fingerprint density at radius 2 is 2.15 bits per heavy atom. The number of thioether (sulfide) groups is 1. The van der Waals surface area contributed by atoms with E-state index in [0.717, 1.165) is 11.4 Å². The van der Waals surface area contributed by atoms with Crippen LogP contribution in [-0.4, -0.2) is 26.7 Å². The van der Waals surface area contributed by atoms with Crippen LogP contribution in [0.4, 0.5) is 0 Å². The maximum atomic E-state index is 10.2. The number of hydrogen-bond acceptors (Lipinski definition) is 3. The minimum Gasteiger partial charge on any atom is -0.392 e. The molecule has 0 aliphatic heterocycles. The summed E-state index contributed by atoms with van der Waals surface area (Å²) in [4.78, 5) is 1.18. The zero-order valence-electron chi connectivity index (χ0n) is 11.9. The van der Waals surface area contributed by atoms with Gasteiger partial charge in [-0.05, 0) is 26.0 Å². The number of aromatic nitrogens is 2. The fourth-order valence-corrected chi connectivity index (χ4v) is 3.27. The molecule has 1 N–H and O–H groups in total. The SMILES string of the molecule is Cc1cccc(SCC(O)Cc2c(Cl)c(C)nn2C)c1. The van der Waals surface area contributed by atoms with Crippen LogP contribution in [0.3, 0.4) is 0 Å². The minimum atomic E-state index is -0.437. The zero-order chi connectivity index (χ0) is 14.7. The topological polar surface area (TPSA) is 38.1 Å². The Morgan fingerprint density at radius 1 is 1.40 bits per heavy atom. The van der Waals surface area contributed by atoms with Gasteiger partial charge < -0.3 is 5.11 Å². The second kappa shape index (κ2) is 6.66. The van der Waals surface area contributed by atoms with Crippen LogP contribution >= 0.6 is 23.4 Å². The van der Waals surface area contributed by atoms with Gasteiger partial charge in [0.1, 0.15) is 0 Å². The lowest BCUT2D eigenvalue weighted by Gasteiger charge is -2.11. The van der Waals surface area contributed by atoms with Crippen molar-refractivity contribution < 1.29 is 5.11 Å². The smallest absolute Gasteiger partial charge is 0.0847 e. The second-order valence-electron chi connectivity index (χ2n) is 4.96. The lowest BCUT2D eigenvalue weighted by molar-refractivity contribution is 0.197. The van der Waals surface area contributed by atoms with Gasteiger partial charge in [0.2, 0.25) is 0 Å². The highest BCUT2D eigenvalue weighted by Gasteiger charge is 2.15. The molecule has 1 aromatic carbocycles. The average molecular weight is 311 g/mol. The number of aliphatic hydroxyl groups excluding tert-OH is 1. The van der Waals surface area contributed by atoms with E-state index in [1.165, 1.54) is 10.5 Å². The van der Waals surface area contributed by atoms with Crippen molar-refractivity contribution in [3.05, 3.63) is 46.2 Å². The molecular formula is C15H19ClN2OS. The molecule has 5 heteroatoms. The number of hydrogen-bond donors (Lipinski definition) is 1. The molecule has 2 rings (SSSR count). The molecule has 20 heavy (non-hydrogen) atoms. The van der Waals surface area contributed by atoms with Gasteiger partial charge in [0.05, 0.1) is 22.5 Å². The number of benzene rings is 1. The van der Waals surface area contributed by atoms with E-state index in [4.69, 9.17) is 11.6 Å². The molecule has 2 aromatic rings. The summed E-state index contributed by atoms with van der Waals surface area (Å²) in [5.74, 6) is 0.643. The van der Waals surface area contributed by atoms with Crippen LogP contribution in [-0.2, 0) is 13.5 Å². The third-order valence-electron chi connectivity index (χ3n) is 3.12. The van der Waals surface area contributed by atoms with Crippen LogP contribution in [0.15, 0.2) is 29.2 Å². The quantitative estimate of drug-likeness (QED) is 0.860. The van der Waals surface area contributed by atoms with Crippen molar-refractivity contribution in [2.24, 2.45) is 7.05 Å². The monoisotopic (exact) mass is 310 g/mol. The van der Waals surface area contributed by atoms with E-state index in [2.05, 4.69) is 30.2 Å². The van der Waals surface area contributed by atoms with Crippen molar-refractivity contribution >= 4 is 23.4 Å².